The summed E-state index contributed by atoms with van der Waals surface area (Å²) in [5.74, 6) is 2.08. The summed E-state index contributed by atoms with van der Waals surface area (Å²) < 4.78 is 28.5. The molecule has 1 N–H and O–H groups in total. The van der Waals surface area contributed by atoms with Gasteiger partial charge >= 0.3 is 6.61 Å². The van der Waals surface area contributed by atoms with Gasteiger partial charge in [0.25, 0.3) is 0 Å². The maximum absolute atomic E-state index is 12.1. The molecular weight excluding hydrogens is 260 g/mol. The van der Waals surface area contributed by atoms with E-state index in [9.17, 15) is 8.78 Å². The van der Waals surface area contributed by atoms with Gasteiger partial charge in [0.1, 0.15) is 5.75 Å². The van der Waals surface area contributed by atoms with Gasteiger partial charge in [0.2, 0.25) is 0 Å². The molecule has 2 aliphatic rings. The molecule has 0 saturated heterocycles. The van der Waals surface area contributed by atoms with E-state index in [1.807, 2.05) is 12.1 Å². The molecule has 0 bridgehead atoms. The average molecular weight is 281 g/mol. The molecule has 2 nitrogen and oxygen atoms in total. The molecule has 0 heterocycles. The van der Waals surface area contributed by atoms with Crippen LogP contribution >= 0.6 is 0 Å². The van der Waals surface area contributed by atoms with Crippen molar-refractivity contribution in [1.82, 2.24) is 0 Å². The van der Waals surface area contributed by atoms with Crippen LogP contribution in [0.4, 0.5) is 14.5 Å². The van der Waals surface area contributed by atoms with Crippen LogP contribution in [0.3, 0.4) is 0 Å². The lowest BCUT2D eigenvalue weighted by atomic mass is 9.82. The van der Waals surface area contributed by atoms with E-state index in [1.54, 1.807) is 12.1 Å². The summed E-state index contributed by atoms with van der Waals surface area (Å²) in [6.07, 6.45) is 7.96. The van der Waals surface area contributed by atoms with Crippen molar-refractivity contribution in [2.45, 2.75) is 51.2 Å². The third-order valence-electron chi connectivity index (χ3n) is 4.45. The van der Waals surface area contributed by atoms with Gasteiger partial charge in [0.05, 0.1) is 0 Å². The van der Waals surface area contributed by atoms with Gasteiger partial charge in [0.15, 0.2) is 0 Å². The largest absolute Gasteiger partial charge is 0.435 e. The normalized spacial score (nSPS) is 26.6. The Labute approximate surface area is 118 Å². The molecule has 2 saturated carbocycles. The van der Waals surface area contributed by atoms with Crippen molar-refractivity contribution in [2.75, 3.05) is 5.32 Å². The number of hydrogen-bond acceptors (Lipinski definition) is 2. The Morgan fingerprint density at radius 3 is 2.40 bits per heavy atom. The summed E-state index contributed by atoms with van der Waals surface area (Å²) in [5, 5.41) is 3.53. The fourth-order valence-corrected chi connectivity index (χ4v) is 3.32. The molecule has 2 aliphatic carbocycles. The van der Waals surface area contributed by atoms with Crippen LogP contribution in [-0.4, -0.2) is 12.7 Å². The molecule has 1 aromatic rings. The molecule has 0 aliphatic heterocycles. The molecule has 3 rings (SSSR count). The zero-order chi connectivity index (χ0) is 13.9. The van der Waals surface area contributed by atoms with Gasteiger partial charge in [-0.1, -0.05) is 12.8 Å². The van der Waals surface area contributed by atoms with E-state index in [4.69, 9.17) is 0 Å². The van der Waals surface area contributed by atoms with Crippen LogP contribution in [0.15, 0.2) is 24.3 Å². The predicted octanol–water partition coefficient (Wildman–Crippen LogP) is 4.67. The molecule has 4 heteroatoms. The Balaban J connectivity index is 1.54. The minimum atomic E-state index is -2.76. The van der Waals surface area contributed by atoms with E-state index in [-0.39, 0.29) is 5.75 Å². The van der Waals surface area contributed by atoms with Crippen molar-refractivity contribution in [2.24, 2.45) is 11.8 Å². The Hall–Kier alpha value is -1.32. The first-order valence-corrected chi connectivity index (χ1v) is 7.52. The zero-order valence-corrected chi connectivity index (χ0v) is 11.5. The van der Waals surface area contributed by atoms with E-state index in [0.717, 1.165) is 17.5 Å². The molecule has 20 heavy (non-hydrogen) atoms. The molecule has 110 valence electrons. The van der Waals surface area contributed by atoms with Crippen LogP contribution in [0.2, 0.25) is 0 Å². The third-order valence-corrected chi connectivity index (χ3v) is 4.45. The van der Waals surface area contributed by atoms with Gasteiger partial charge in [-0.25, -0.2) is 0 Å². The highest BCUT2D eigenvalue weighted by Crippen LogP contribution is 2.44. The Bertz CT molecular complexity index is 431. The van der Waals surface area contributed by atoms with Crippen LogP contribution in [0.25, 0.3) is 0 Å². The number of nitrogens with one attached hydrogen (secondary N) is 1. The lowest BCUT2D eigenvalue weighted by Crippen LogP contribution is -2.28. The van der Waals surface area contributed by atoms with Crippen molar-refractivity contribution in [1.29, 1.82) is 0 Å². The maximum Gasteiger partial charge on any atom is 0.387 e. The summed E-state index contributed by atoms with van der Waals surface area (Å²) in [4.78, 5) is 0. The summed E-state index contributed by atoms with van der Waals surface area (Å²) in [6, 6.07) is 7.35. The zero-order valence-electron chi connectivity index (χ0n) is 11.5. The first-order valence-electron chi connectivity index (χ1n) is 7.52. The topological polar surface area (TPSA) is 21.3 Å². The Morgan fingerprint density at radius 1 is 1.00 bits per heavy atom. The number of alkyl halides is 2. The van der Waals surface area contributed by atoms with Gasteiger partial charge in [-0.2, -0.15) is 8.78 Å². The van der Waals surface area contributed by atoms with E-state index in [2.05, 4.69) is 10.1 Å². The molecule has 0 amide bonds. The van der Waals surface area contributed by atoms with Crippen molar-refractivity contribution in [3.05, 3.63) is 24.3 Å². The number of ether oxygens (including phenoxy) is 1. The predicted molar refractivity (Wildman–Crippen MR) is 75.2 cm³/mol. The number of halogens is 2. The van der Waals surface area contributed by atoms with Crippen molar-refractivity contribution >= 4 is 5.69 Å². The highest BCUT2D eigenvalue weighted by Gasteiger charge is 2.34. The quantitative estimate of drug-likeness (QED) is 0.847. The minimum Gasteiger partial charge on any atom is -0.435 e. The molecule has 2 unspecified atom stereocenters. The van der Waals surface area contributed by atoms with Gasteiger partial charge in [-0.05, 0) is 61.8 Å². The van der Waals surface area contributed by atoms with E-state index >= 15 is 0 Å². The molecule has 0 spiro atoms. The SMILES string of the molecule is FC(F)Oc1ccc(NC2CCCC(C3CC3)C2)cc1. The summed E-state index contributed by atoms with van der Waals surface area (Å²) in [5.41, 5.74) is 0.994. The molecule has 2 atom stereocenters. The second-order valence-corrected chi connectivity index (χ2v) is 6.01. The first-order chi connectivity index (χ1) is 9.70. The molecule has 1 aromatic carbocycles. The lowest BCUT2D eigenvalue weighted by Gasteiger charge is -2.30. The average Bonchev–Trinajstić information content (AvgIpc) is 3.25. The van der Waals surface area contributed by atoms with E-state index in [0.29, 0.717) is 6.04 Å². The number of anilines is 1. The van der Waals surface area contributed by atoms with Crippen LogP contribution in [0, 0.1) is 11.8 Å². The monoisotopic (exact) mass is 281 g/mol. The number of rotatable bonds is 5. The van der Waals surface area contributed by atoms with Crippen molar-refractivity contribution < 1.29 is 13.5 Å². The van der Waals surface area contributed by atoms with Gasteiger partial charge < -0.3 is 10.1 Å². The lowest BCUT2D eigenvalue weighted by molar-refractivity contribution is -0.0498. The fraction of sp³-hybridized carbons (Fsp3) is 0.625. The smallest absolute Gasteiger partial charge is 0.387 e. The highest BCUT2D eigenvalue weighted by atomic mass is 19.3. The summed E-state index contributed by atoms with van der Waals surface area (Å²) in [6.45, 7) is -2.76. The molecule has 0 radical (unpaired) electrons. The first kappa shape index (κ1) is 13.7. The van der Waals surface area contributed by atoms with E-state index in [1.165, 1.54) is 38.5 Å². The third kappa shape index (κ3) is 3.62. The maximum atomic E-state index is 12.1. The van der Waals surface area contributed by atoms with Crippen LogP contribution in [0.5, 0.6) is 5.75 Å². The van der Waals surface area contributed by atoms with Crippen LogP contribution in [0.1, 0.15) is 38.5 Å². The number of hydrogen-bond donors (Lipinski definition) is 1. The molecule has 0 aromatic heterocycles. The number of benzene rings is 1. The molecular formula is C16H21F2NO. The van der Waals surface area contributed by atoms with Crippen LogP contribution < -0.4 is 10.1 Å². The second-order valence-electron chi connectivity index (χ2n) is 6.01. The van der Waals surface area contributed by atoms with Gasteiger partial charge in [0, 0.05) is 11.7 Å². The standard InChI is InChI=1S/C16H21F2NO/c17-16(18)20-15-8-6-13(7-9-15)19-14-3-1-2-12(10-14)11-4-5-11/h6-9,11-12,14,16,19H,1-5,10H2. The van der Waals surface area contributed by atoms with Gasteiger partial charge in [-0.3, -0.25) is 0 Å². The summed E-state index contributed by atoms with van der Waals surface area (Å²) >= 11 is 0. The minimum absolute atomic E-state index is 0.213. The highest BCUT2D eigenvalue weighted by molar-refractivity contribution is 5.47. The summed E-state index contributed by atoms with van der Waals surface area (Å²) in [7, 11) is 0. The fourth-order valence-electron chi connectivity index (χ4n) is 3.32. The Morgan fingerprint density at radius 2 is 1.75 bits per heavy atom. The van der Waals surface area contributed by atoms with Crippen molar-refractivity contribution in [3.63, 3.8) is 0 Å². The van der Waals surface area contributed by atoms with Crippen molar-refractivity contribution in [3.8, 4) is 5.75 Å². The van der Waals surface area contributed by atoms with Gasteiger partial charge in [-0.15, -0.1) is 0 Å². The van der Waals surface area contributed by atoms with E-state index < -0.39 is 6.61 Å². The second kappa shape index (κ2) is 5.98. The molecule has 2 fully saturated rings. The Kier molecular flexibility index (Phi) is 4.08. The van der Waals surface area contributed by atoms with Crippen LogP contribution in [-0.2, 0) is 0 Å².